The number of benzene rings is 1. The Labute approximate surface area is 200 Å². The zero-order valence-corrected chi connectivity index (χ0v) is 21.5. The van der Waals surface area contributed by atoms with Crippen LogP contribution in [-0.2, 0) is 6.42 Å². The van der Waals surface area contributed by atoms with E-state index in [1.54, 1.807) is 0 Å². The highest BCUT2D eigenvalue weighted by Crippen LogP contribution is 2.34. The summed E-state index contributed by atoms with van der Waals surface area (Å²) in [6.45, 7) is 5.60. The van der Waals surface area contributed by atoms with E-state index in [4.69, 9.17) is 4.74 Å². The highest BCUT2D eigenvalue weighted by molar-refractivity contribution is 5.27. The summed E-state index contributed by atoms with van der Waals surface area (Å²) < 4.78 is 6.03. The molecule has 2 aliphatic carbocycles. The lowest BCUT2D eigenvalue weighted by molar-refractivity contribution is 0.244. The monoisotopic (exact) mass is 440 g/mol. The van der Waals surface area contributed by atoms with Gasteiger partial charge in [0.15, 0.2) is 0 Å². The summed E-state index contributed by atoms with van der Waals surface area (Å²) in [6, 6.07) is 9.01. The van der Waals surface area contributed by atoms with E-state index < -0.39 is 0 Å². The maximum atomic E-state index is 6.03. The van der Waals surface area contributed by atoms with Gasteiger partial charge in [-0.1, -0.05) is 116 Å². The van der Waals surface area contributed by atoms with E-state index in [0.717, 1.165) is 36.0 Å². The molecule has 0 aliphatic heterocycles. The molecule has 1 heteroatoms. The molecule has 0 bridgehead atoms. The van der Waals surface area contributed by atoms with Crippen molar-refractivity contribution in [2.24, 2.45) is 23.7 Å². The minimum atomic E-state index is 0.882. The summed E-state index contributed by atoms with van der Waals surface area (Å²) in [4.78, 5) is 0. The first-order valence-electron chi connectivity index (χ1n) is 14.4. The Morgan fingerprint density at radius 2 is 1.22 bits per heavy atom. The van der Waals surface area contributed by atoms with E-state index in [0.29, 0.717) is 0 Å². The molecule has 2 fully saturated rings. The topological polar surface area (TPSA) is 9.23 Å². The Morgan fingerprint density at radius 3 is 1.88 bits per heavy atom. The Morgan fingerprint density at radius 1 is 0.656 bits per heavy atom. The van der Waals surface area contributed by atoms with Gasteiger partial charge in [0.05, 0.1) is 6.61 Å². The fourth-order valence-electron chi connectivity index (χ4n) is 6.15. The minimum Gasteiger partial charge on any atom is -0.494 e. The van der Waals surface area contributed by atoms with E-state index in [-0.39, 0.29) is 0 Å². The Hall–Kier alpha value is -0.980. The van der Waals surface area contributed by atoms with Crippen LogP contribution in [0.3, 0.4) is 0 Å². The second-order valence-corrected chi connectivity index (χ2v) is 11.4. The van der Waals surface area contributed by atoms with Crippen LogP contribution in [0.15, 0.2) is 24.3 Å². The van der Waals surface area contributed by atoms with E-state index in [9.17, 15) is 0 Å². The number of aryl methyl sites for hydroxylation is 1. The molecule has 0 spiro atoms. The molecule has 0 unspecified atom stereocenters. The molecule has 0 amide bonds. The largest absolute Gasteiger partial charge is 0.494 e. The van der Waals surface area contributed by atoms with Crippen LogP contribution in [0.1, 0.15) is 129 Å². The van der Waals surface area contributed by atoms with Crippen LogP contribution in [0.5, 0.6) is 5.75 Å². The number of hydrogen-bond acceptors (Lipinski definition) is 1. The molecule has 3 rings (SSSR count). The molecule has 0 radical (unpaired) electrons. The van der Waals surface area contributed by atoms with E-state index in [2.05, 4.69) is 38.1 Å². The first kappa shape index (κ1) is 25.6. The summed E-state index contributed by atoms with van der Waals surface area (Å²) in [5.74, 6) is 4.97. The lowest BCUT2D eigenvalue weighted by atomic mass is 9.78. The van der Waals surface area contributed by atoms with Crippen LogP contribution in [0, 0.1) is 23.7 Å². The third kappa shape index (κ3) is 9.88. The van der Waals surface area contributed by atoms with E-state index in [1.165, 1.54) is 121 Å². The van der Waals surface area contributed by atoms with Gasteiger partial charge in [-0.25, -0.2) is 0 Å². The third-order valence-corrected chi connectivity index (χ3v) is 8.61. The predicted octanol–water partition coefficient (Wildman–Crippen LogP) is 9.77. The smallest absolute Gasteiger partial charge is 0.119 e. The molecule has 1 aromatic carbocycles. The summed E-state index contributed by atoms with van der Waals surface area (Å²) in [5.41, 5.74) is 1.49. The maximum absolute atomic E-state index is 6.03. The average Bonchev–Trinajstić information content (AvgIpc) is 2.83. The maximum Gasteiger partial charge on any atom is 0.119 e. The van der Waals surface area contributed by atoms with Gasteiger partial charge in [0.1, 0.15) is 5.75 Å². The first-order chi connectivity index (χ1) is 15.7. The zero-order chi connectivity index (χ0) is 22.4. The summed E-state index contributed by atoms with van der Waals surface area (Å²) >= 11 is 0. The van der Waals surface area contributed by atoms with Crippen molar-refractivity contribution >= 4 is 0 Å². The van der Waals surface area contributed by atoms with Crippen LogP contribution < -0.4 is 4.74 Å². The number of rotatable bonds is 14. The molecule has 2 saturated carbocycles. The van der Waals surface area contributed by atoms with Gasteiger partial charge >= 0.3 is 0 Å². The standard InChI is InChI=1S/C31H52O/c1-3-4-5-6-7-9-27-15-17-29(18-16-27)19-20-30-21-23-31(24-22-30)32-25-8-10-28-13-11-26(2)12-14-28/h21-24,26-29H,3-20,25H2,1-2H3. The second kappa shape index (κ2) is 15.0. The van der Waals surface area contributed by atoms with Gasteiger partial charge in [0.25, 0.3) is 0 Å². The Balaban J connectivity index is 1.22. The lowest BCUT2D eigenvalue weighted by Crippen LogP contribution is -2.15. The van der Waals surface area contributed by atoms with Gasteiger partial charge in [-0.2, -0.15) is 0 Å². The van der Waals surface area contributed by atoms with Crippen LogP contribution in [-0.4, -0.2) is 6.61 Å². The third-order valence-electron chi connectivity index (χ3n) is 8.61. The number of hydrogen-bond donors (Lipinski definition) is 0. The van der Waals surface area contributed by atoms with Gasteiger partial charge in [0.2, 0.25) is 0 Å². The molecule has 0 heterocycles. The number of unbranched alkanes of at least 4 members (excludes halogenated alkanes) is 4. The second-order valence-electron chi connectivity index (χ2n) is 11.4. The SMILES string of the molecule is CCCCCCCC1CCC(CCc2ccc(OCCCC3CCC(C)CC3)cc2)CC1. The molecule has 0 saturated heterocycles. The quantitative estimate of drug-likeness (QED) is 0.261. The van der Waals surface area contributed by atoms with Crippen LogP contribution in [0.25, 0.3) is 0 Å². The Kier molecular flexibility index (Phi) is 12.0. The molecule has 2 aliphatic rings. The number of ether oxygens (including phenoxy) is 1. The van der Waals surface area contributed by atoms with Gasteiger partial charge in [-0.05, 0) is 67.1 Å². The van der Waals surface area contributed by atoms with E-state index in [1.807, 2.05) is 0 Å². The minimum absolute atomic E-state index is 0.882. The molecule has 1 aromatic rings. The van der Waals surface area contributed by atoms with Crippen molar-refractivity contribution in [1.29, 1.82) is 0 Å². The summed E-state index contributed by atoms with van der Waals surface area (Å²) in [5, 5.41) is 0. The predicted molar refractivity (Wildman–Crippen MR) is 139 cm³/mol. The highest BCUT2D eigenvalue weighted by Gasteiger charge is 2.21. The van der Waals surface area contributed by atoms with Crippen molar-refractivity contribution in [3.05, 3.63) is 29.8 Å². The van der Waals surface area contributed by atoms with Gasteiger partial charge in [-0.15, -0.1) is 0 Å². The fourth-order valence-corrected chi connectivity index (χ4v) is 6.15. The molecular formula is C31H52O. The van der Waals surface area contributed by atoms with E-state index >= 15 is 0 Å². The highest BCUT2D eigenvalue weighted by atomic mass is 16.5. The molecule has 32 heavy (non-hydrogen) atoms. The molecule has 0 N–H and O–H groups in total. The molecular weight excluding hydrogens is 388 g/mol. The summed E-state index contributed by atoms with van der Waals surface area (Å²) in [7, 11) is 0. The van der Waals surface area contributed by atoms with Crippen LogP contribution >= 0.6 is 0 Å². The fraction of sp³-hybridized carbons (Fsp3) is 0.806. The van der Waals surface area contributed by atoms with Gasteiger partial charge < -0.3 is 4.74 Å². The normalized spacial score (nSPS) is 26.2. The van der Waals surface area contributed by atoms with Crippen molar-refractivity contribution < 1.29 is 4.74 Å². The van der Waals surface area contributed by atoms with Gasteiger partial charge in [-0.3, -0.25) is 0 Å². The lowest BCUT2D eigenvalue weighted by Gasteiger charge is -2.28. The molecule has 0 aromatic heterocycles. The van der Waals surface area contributed by atoms with Crippen LogP contribution in [0.4, 0.5) is 0 Å². The van der Waals surface area contributed by atoms with Crippen molar-refractivity contribution in [2.45, 2.75) is 129 Å². The van der Waals surface area contributed by atoms with Crippen molar-refractivity contribution in [3.8, 4) is 5.75 Å². The Bertz CT molecular complexity index is 575. The van der Waals surface area contributed by atoms with Crippen molar-refractivity contribution in [2.75, 3.05) is 6.61 Å². The zero-order valence-electron chi connectivity index (χ0n) is 21.5. The van der Waals surface area contributed by atoms with Crippen molar-refractivity contribution in [3.63, 3.8) is 0 Å². The molecule has 182 valence electrons. The average molecular weight is 441 g/mol. The first-order valence-corrected chi connectivity index (χ1v) is 14.4. The molecule has 0 atom stereocenters. The molecule has 1 nitrogen and oxygen atoms in total. The van der Waals surface area contributed by atoms with Crippen LogP contribution in [0.2, 0.25) is 0 Å². The summed E-state index contributed by atoms with van der Waals surface area (Å²) in [6.07, 6.45) is 25.6. The van der Waals surface area contributed by atoms with Gasteiger partial charge in [0, 0.05) is 0 Å². The van der Waals surface area contributed by atoms with Crippen molar-refractivity contribution in [1.82, 2.24) is 0 Å².